The lowest BCUT2D eigenvalue weighted by atomic mass is 9.96. The summed E-state index contributed by atoms with van der Waals surface area (Å²) in [6, 6.07) is 6.23. The molecule has 0 aromatic heterocycles. The zero-order valence-corrected chi connectivity index (χ0v) is 11.9. The number of rotatable bonds is 6. The molecule has 0 atom stereocenters. The Morgan fingerprint density at radius 1 is 1.35 bits per heavy atom. The van der Waals surface area contributed by atoms with Crippen LogP contribution >= 0.6 is 11.6 Å². The number of halogens is 1. The van der Waals surface area contributed by atoms with E-state index in [-0.39, 0.29) is 5.41 Å². The zero-order valence-electron chi connectivity index (χ0n) is 11.1. The highest BCUT2D eigenvalue weighted by Gasteiger charge is 2.15. The summed E-state index contributed by atoms with van der Waals surface area (Å²) in [6.45, 7) is 8.10. The molecule has 0 radical (unpaired) electrons. The Morgan fingerprint density at radius 2 is 2.06 bits per heavy atom. The Morgan fingerprint density at radius 3 is 2.65 bits per heavy atom. The number of methoxy groups -OCH3 is 1. The number of hydrogen-bond acceptors (Lipinski definition) is 2. The Labute approximate surface area is 109 Å². The third-order valence-electron chi connectivity index (χ3n) is 2.72. The van der Waals surface area contributed by atoms with E-state index in [1.807, 2.05) is 6.07 Å². The van der Waals surface area contributed by atoms with E-state index < -0.39 is 0 Å². The van der Waals surface area contributed by atoms with E-state index in [0.717, 1.165) is 18.8 Å². The molecule has 1 rings (SSSR count). The molecule has 1 N–H and O–H groups in total. The molecular weight excluding hydrogens is 234 g/mol. The van der Waals surface area contributed by atoms with Crippen LogP contribution < -0.4 is 10.1 Å². The molecule has 0 fully saturated rings. The number of nitrogens with one attached hydrogen (secondary N) is 1. The van der Waals surface area contributed by atoms with Crippen molar-refractivity contribution in [3.8, 4) is 5.75 Å². The number of aryl methyl sites for hydroxylation is 1. The minimum atomic E-state index is 0.124. The summed E-state index contributed by atoms with van der Waals surface area (Å²) in [5.74, 6) is 1.59. The van der Waals surface area contributed by atoms with Crippen molar-refractivity contribution >= 4 is 11.6 Å². The molecule has 17 heavy (non-hydrogen) atoms. The van der Waals surface area contributed by atoms with Crippen LogP contribution in [0.3, 0.4) is 0 Å². The maximum absolute atomic E-state index is 5.89. The second kappa shape index (κ2) is 6.27. The first kappa shape index (κ1) is 14.3. The van der Waals surface area contributed by atoms with Gasteiger partial charge in [0.05, 0.1) is 7.11 Å². The summed E-state index contributed by atoms with van der Waals surface area (Å²) < 4.78 is 5.34. The van der Waals surface area contributed by atoms with E-state index in [1.54, 1.807) is 7.11 Å². The zero-order chi connectivity index (χ0) is 12.9. The maximum Gasteiger partial charge on any atom is 0.123 e. The number of alkyl halides is 1. The molecule has 0 unspecified atom stereocenters. The first-order chi connectivity index (χ1) is 7.98. The number of hydrogen-bond donors (Lipinski definition) is 1. The van der Waals surface area contributed by atoms with Gasteiger partial charge in [-0.05, 0) is 18.4 Å². The van der Waals surface area contributed by atoms with Gasteiger partial charge in [0.1, 0.15) is 5.75 Å². The molecule has 0 bridgehead atoms. The fourth-order valence-electron chi connectivity index (χ4n) is 1.63. The van der Waals surface area contributed by atoms with Gasteiger partial charge in [-0.2, -0.15) is 0 Å². The van der Waals surface area contributed by atoms with Gasteiger partial charge in [0, 0.05) is 24.5 Å². The topological polar surface area (TPSA) is 21.3 Å². The maximum atomic E-state index is 5.89. The van der Waals surface area contributed by atoms with Crippen molar-refractivity contribution in [1.82, 2.24) is 5.32 Å². The summed E-state index contributed by atoms with van der Waals surface area (Å²) in [5.41, 5.74) is 2.57. The van der Waals surface area contributed by atoms with E-state index in [4.69, 9.17) is 16.3 Å². The smallest absolute Gasteiger partial charge is 0.123 e. The predicted molar refractivity (Wildman–Crippen MR) is 73.9 cm³/mol. The lowest BCUT2D eigenvalue weighted by Crippen LogP contribution is -2.30. The van der Waals surface area contributed by atoms with Crippen LogP contribution in [0.4, 0.5) is 0 Å². The first-order valence-electron chi connectivity index (χ1n) is 5.89. The summed E-state index contributed by atoms with van der Waals surface area (Å²) in [7, 11) is 1.71. The molecule has 0 saturated heterocycles. The number of benzene rings is 1. The predicted octanol–water partition coefficient (Wildman–Crippen LogP) is 3.36. The second-order valence-electron chi connectivity index (χ2n) is 5.22. The molecule has 96 valence electrons. The quantitative estimate of drug-likeness (QED) is 0.787. The van der Waals surface area contributed by atoms with E-state index in [0.29, 0.717) is 5.88 Å². The van der Waals surface area contributed by atoms with Gasteiger partial charge in [-0.25, -0.2) is 0 Å². The lowest BCUT2D eigenvalue weighted by molar-refractivity contribution is 0.377. The average molecular weight is 256 g/mol. The molecule has 2 nitrogen and oxygen atoms in total. The third-order valence-corrected chi connectivity index (χ3v) is 3.44. The Hall–Kier alpha value is -0.730. The Balaban J connectivity index is 2.59. The first-order valence-corrected chi connectivity index (χ1v) is 6.42. The van der Waals surface area contributed by atoms with Crippen molar-refractivity contribution in [2.45, 2.75) is 27.3 Å². The third kappa shape index (κ3) is 4.57. The van der Waals surface area contributed by atoms with E-state index in [1.165, 1.54) is 11.1 Å². The standard InChI is InChI=1S/C14H22ClNO/c1-11-5-6-13(17-4)12(7-11)8-16-10-14(2,3)9-15/h5-7,16H,8-10H2,1-4H3. The summed E-state index contributed by atoms with van der Waals surface area (Å²) in [5, 5.41) is 3.43. The highest BCUT2D eigenvalue weighted by atomic mass is 35.5. The summed E-state index contributed by atoms with van der Waals surface area (Å²) >= 11 is 5.89. The van der Waals surface area contributed by atoms with Gasteiger partial charge in [0.15, 0.2) is 0 Å². The molecule has 0 heterocycles. The summed E-state index contributed by atoms with van der Waals surface area (Å²) in [4.78, 5) is 0. The van der Waals surface area contributed by atoms with Gasteiger partial charge in [-0.1, -0.05) is 31.5 Å². The van der Waals surface area contributed by atoms with Crippen molar-refractivity contribution in [2.75, 3.05) is 19.5 Å². The minimum Gasteiger partial charge on any atom is -0.496 e. The van der Waals surface area contributed by atoms with Crippen LogP contribution in [-0.2, 0) is 6.54 Å². The van der Waals surface area contributed by atoms with Gasteiger partial charge in [0.2, 0.25) is 0 Å². The van der Waals surface area contributed by atoms with E-state index >= 15 is 0 Å². The van der Waals surface area contributed by atoms with Crippen LogP contribution in [0.2, 0.25) is 0 Å². The van der Waals surface area contributed by atoms with Gasteiger partial charge in [-0.3, -0.25) is 0 Å². The van der Waals surface area contributed by atoms with Crippen molar-refractivity contribution in [3.63, 3.8) is 0 Å². The summed E-state index contributed by atoms with van der Waals surface area (Å²) in [6.07, 6.45) is 0. The van der Waals surface area contributed by atoms with Crippen molar-refractivity contribution in [1.29, 1.82) is 0 Å². The van der Waals surface area contributed by atoms with Crippen molar-refractivity contribution < 1.29 is 4.74 Å². The highest BCUT2D eigenvalue weighted by Crippen LogP contribution is 2.20. The van der Waals surface area contributed by atoms with Crippen LogP contribution in [0.1, 0.15) is 25.0 Å². The SMILES string of the molecule is COc1ccc(C)cc1CNCC(C)(C)CCl. The molecule has 0 aliphatic heterocycles. The van der Waals surface area contributed by atoms with Crippen molar-refractivity contribution in [2.24, 2.45) is 5.41 Å². The molecule has 3 heteroatoms. The van der Waals surface area contributed by atoms with Crippen LogP contribution in [0.25, 0.3) is 0 Å². The number of ether oxygens (including phenoxy) is 1. The van der Waals surface area contributed by atoms with E-state index in [2.05, 4.69) is 38.2 Å². The molecule has 0 aliphatic rings. The van der Waals surface area contributed by atoms with Crippen LogP contribution in [0.5, 0.6) is 5.75 Å². The van der Waals surface area contributed by atoms with Gasteiger partial charge in [-0.15, -0.1) is 11.6 Å². The van der Waals surface area contributed by atoms with Crippen LogP contribution in [0.15, 0.2) is 18.2 Å². The van der Waals surface area contributed by atoms with Gasteiger partial charge in [0.25, 0.3) is 0 Å². The van der Waals surface area contributed by atoms with Crippen LogP contribution in [-0.4, -0.2) is 19.5 Å². The molecule has 0 saturated carbocycles. The van der Waals surface area contributed by atoms with Gasteiger partial charge < -0.3 is 10.1 Å². The highest BCUT2D eigenvalue weighted by molar-refractivity contribution is 6.18. The average Bonchev–Trinajstić information content (AvgIpc) is 2.29. The largest absolute Gasteiger partial charge is 0.496 e. The molecule has 1 aromatic carbocycles. The van der Waals surface area contributed by atoms with Gasteiger partial charge >= 0.3 is 0 Å². The molecular formula is C14H22ClNO. The monoisotopic (exact) mass is 255 g/mol. The minimum absolute atomic E-state index is 0.124. The Kier molecular flexibility index (Phi) is 5.29. The molecule has 0 spiro atoms. The fraction of sp³-hybridized carbons (Fsp3) is 0.571. The Bertz CT molecular complexity index is 363. The fourth-order valence-corrected chi connectivity index (χ4v) is 1.72. The molecule has 0 amide bonds. The lowest BCUT2D eigenvalue weighted by Gasteiger charge is -2.22. The van der Waals surface area contributed by atoms with Crippen molar-refractivity contribution in [3.05, 3.63) is 29.3 Å². The molecule has 1 aromatic rings. The van der Waals surface area contributed by atoms with E-state index in [9.17, 15) is 0 Å². The second-order valence-corrected chi connectivity index (χ2v) is 5.48. The normalized spacial score (nSPS) is 11.6. The molecule has 0 aliphatic carbocycles. The van der Waals surface area contributed by atoms with Crippen LogP contribution in [0, 0.1) is 12.3 Å².